The number of nitrogens with zero attached hydrogens (tertiary/aromatic N) is 4. The van der Waals surface area contributed by atoms with Gasteiger partial charge in [-0.25, -0.2) is 19.4 Å². The number of aromatic amines is 1. The number of amides is 1. The van der Waals surface area contributed by atoms with Crippen molar-refractivity contribution < 1.29 is 4.79 Å². The lowest BCUT2D eigenvalue weighted by atomic mass is 9.96. The number of para-hydroxylation sites is 1. The van der Waals surface area contributed by atoms with Gasteiger partial charge in [-0.15, -0.1) is 0 Å². The Morgan fingerprint density at radius 3 is 2.78 bits per heavy atom. The summed E-state index contributed by atoms with van der Waals surface area (Å²) in [5.74, 6) is 0.799. The van der Waals surface area contributed by atoms with E-state index in [1.165, 1.54) is 0 Å². The van der Waals surface area contributed by atoms with Gasteiger partial charge in [0.25, 0.3) is 5.91 Å². The first-order chi connectivity index (χ1) is 13.1. The average Bonchev–Trinajstić information content (AvgIpc) is 3.10. The summed E-state index contributed by atoms with van der Waals surface area (Å²) in [6.45, 7) is 1.38. The van der Waals surface area contributed by atoms with Crippen LogP contribution in [0.15, 0.2) is 53.5 Å². The number of hydrogen-bond donors (Lipinski definition) is 2. The van der Waals surface area contributed by atoms with Crippen LogP contribution in [0.4, 0.5) is 5.82 Å². The molecule has 0 radical (unpaired) electrons. The molecule has 0 bridgehead atoms. The lowest BCUT2D eigenvalue weighted by molar-refractivity contribution is 0.100. The Kier molecular flexibility index (Phi) is 4.45. The molecule has 3 aromatic rings. The van der Waals surface area contributed by atoms with Gasteiger partial charge in [-0.05, 0) is 37.1 Å². The number of H-pyrrole nitrogens is 1. The van der Waals surface area contributed by atoms with Crippen molar-refractivity contribution in [3.05, 3.63) is 70.5 Å². The number of rotatable bonds is 4. The van der Waals surface area contributed by atoms with Gasteiger partial charge >= 0.3 is 5.69 Å². The summed E-state index contributed by atoms with van der Waals surface area (Å²) in [7, 11) is 0. The van der Waals surface area contributed by atoms with Crippen LogP contribution in [-0.4, -0.2) is 38.7 Å². The van der Waals surface area contributed by atoms with Crippen LogP contribution in [0.2, 0.25) is 0 Å². The summed E-state index contributed by atoms with van der Waals surface area (Å²) in [5.41, 5.74) is 6.42. The molecule has 1 unspecified atom stereocenters. The van der Waals surface area contributed by atoms with E-state index in [4.69, 9.17) is 5.73 Å². The van der Waals surface area contributed by atoms with Crippen LogP contribution >= 0.6 is 0 Å². The highest BCUT2D eigenvalue weighted by Gasteiger charge is 2.29. The molecular weight excluding hydrogens is 344 g/mol. The highest BCUT2D eigenvalue weighted by atomic mass is 16.2. The molecule has 27 heavy (non-hydrogen) atoms. The van der Waals surface area contributed by atoms with Gasteiger partial charge in [0.15, 0.2) is 0 Å². The van der Waals surface area contributed by atoms with Gasteiger partial charge in [0, 0.05) is 25.2 Å². The van der Waals surface area contributed by atoms with Crippen molar-refractivity contribution in [1.82, 2.24) is 19.7 Å². The summed E-state index contributed by atoms with van der Waals surface area (Å²) < 4.78 is 1.61. The van der Waals surface area contributed by atoms with E-state index in [-0.39, 0.29) is 11.6 Å². The molecule has 0 spiro atoms. The van der Waals surface area contributed by atoms with E-state index in [1.807, 2.05) is 35.2 Å². The van der Waals surface area contributed by atoms with Gasteiger partial charge in [-0.3, -0.25) is 4.79 Å². The zero-order chi connectivity index (χ0) is 18.8. The predicted octanol–water partition coefficient (Wildman–Crippen LogP) is 1.44. The Morgan fingerprint density at radius 2 is 2.00 bits per heavy atom. The van der Waals surface area contributed by atoms with E-state index in [0.29, 0.717) is 23.8 Å². The van der Waals surface area contributed by atoms with Gasteiger partial charge in [-0.1, -0.05) is 18.2 Å². The molecule has 0 saturated carbocycles. The number of nitrogens with one attached hydrogen (secondary N) is 1. The fraction of sp³-hybridized carbons (Fsp3) is 0.263. The molecule has 1 saturated heterocycles. The minimum Gasteiger partial charge on any atom is -0.365 e. The number of nitrogens with two attached hydrogens (primary N) is 1. The summed E-state index contributed by atoms with van der Waals surface area (Å²) in [5, 5.41) is 6.85. The molecule has 138 valence electrons. The number of primary amides is 1. The molecule has 1 amide bonds. The van der Waals surface area contributed by atoms with Gasteiger partial charge in [0.1, 0.15) is 11.6 Å². The zero-order valence-corrected chi connectivity index (χ0v) is 14.7. The largest absolute Gasteiger partial charge is 0.365 e. The molecule has 1 aliphatic heterocycles. The lowest BCUT2D eigenvalue weighted by Gasteiger charge is -2.33. The van der Waals surface area contributed by atoms with Crippen molar-refractivity contribution in [1.29, 1.82) is 0 Å². The Hall–Kier alpha value is -3.42. The molecular formula is C19H20N6O2. The molecule has 8 nitrogen and oxygen atoms in total. The number of pyridine rings is 1. The van der Waals surface area contributed by atoms with Crippen LogP contribution in [0, 0.1) is 0 Å². The summed E-state index contributed by atoms with van der Waals surface area (Å²) in [4.78, 5) is 30.5. The van der Waals surface area contributed by atoms with Crippen molar-refractivity contribution in [2.24, 2.45) is 5.73 Å². The summed E-state index contributed by atoms with van der Waals surface area (Å²) in [6.07, 6.45) is 3.45. The Morgan fingerprint density at radius 1 is 1.19 bits per heavy atom. The molecule has 8 heteroatoms. The quantitative estimate of drug-likeness (QED) is 0.728. The Bertz CT molecular complexity index is 1010. The number of carbonyl (C=O) groups excluding carboxylic acids is 1. The Labute approximate surface area is 155 Å². The number of anilines is 1. The third-order valence-electron chi connectivity index (χ3n) is 4.85. The summed E-state index contributed by atoms with van der Waals surface area (Å²) in [6, 6.07) is 12.8. The van der Waals surface area contributed by atoms with Crippen LogP contribution in [0.25, 0.3) is 5.69 Å². The first-order valence-corrected chi connectivity index (χ1v) is 8.87. The molecule has 1 aromatic carbocycles. The third-order valence-corrected chi connectivity index (χ3v) is 4.85. The molecule has 1 fully saturated rings. The first kappa shape index (κ1) is 17.0. The van der Waals surface area contributed by atoms with E-state index in [9.17, 15) is 9.59 Å². The maximum atomic E-state index is 12.3. The van der Waals surface area contributed by atoms with Crippen LogP contribution in [-0.2, 0) is 0 Å². The monoisotopic (exact) mass is 364 g/mol. The van der Waals surface area contributed by atoms with Crippen LogP contribution in [0.3, 0.4) is 0 Å². The first-order valence-electron chi connectivity index (χ1n) is 8.87. The topological polar surface area (TPSA) is 110 Å². The molecule has 3 heterocycles. The van der Waals surface area contributed by atoms with Crippen LogP contribution < -0.4 is 16.3 Å². The number of aromatic nitrogens is 4. The van der Waals surface area contributed by atoms with Gasteiger partial charge in [-0.2, -0.15) is 5.10 Å². The molecule has 1 atom stereocenters. The van der Waals surface area contributed by atoms with Crippen molar-refractivity contribution in [3.63, 3.8) is 0 Å². The number of carbonyl (C=O) groups is 1. The predicted molar refractivity (Wildman–Crippen MR) is 101 cm³/mol. The van der Waals surface area contributed by atoms with Crippen molar-refractivity contribution in [3.8, 4) is 5.69 Å². The van der Waals surface area contributed by atoms with E-state index in [2.05, 4.69) is 15.2 Å². The lowest BCUT2D eigenvalue weighted by Crippen LogP contribution is -2.37. The smallest absolute Gasteiger partial charge is 0.347 e. The highest BCUT2D eigenvalue weighted by molar-refractivity contribution is 5.97. The van der Waals surface area contributed by atoms with E-state index in [1.54, 1.807) is 22.9 Å². The second-order valence-electron chi connectivity index (χ2n) is 6.58. The van der Waals surface area contributed by atoms with Gasteiger partial charge in [0.05, 0.1) is 11.3 Å². The number of benzene rings is 1. The van der Waals surface area contributed by atoms with E-state index < -0.39 is 5.91 Å². The van der Waals surface area contributed by atoms with Crippen molar-refractivity contribution in [2.45, 2.75) is 18.8 Å². The molecule has 2 aromatic heterocycles. The second kappa shape index (κ2) is 7.06. The normalized spacial score (nSPS) is 17.0. The molecule has 4 rings (SSSR count). The van der Waals surface area contributed by atoms with Gasteiger partial charge in [0.2, 0.25) is 0 Å². The second-order valence-corrected chi connectivity index (χ2v) is 6.58. The van der Waals surface area contributed by atoms with Crippen molar-refractivity contribution >= 4 is 11.7 Å². The summed E-state index contributed by atoms with van der Waals surface area (Å²) >= 11 is 0. The SMILES string of the molecule is NC(=O)c1cccnc1N1CCCC(c2n[nH]c(=O)n2-c2ccccc2)C1. The number of hydrogen-bond acceptors (Lipinski definition) is 5. The van der Waals surface area contributed by atoms with E-state index in [0.717, 1.165) is 25.1 Å². The molecule has 3 N–H and O–H groups in total. The van der Waals surface area contributed by atoms with E-state index >= 15 is 0 Å². The third kappa shape index (κ3) is 3.21. The Balaban J connectivity index is 1.68. The minimum atomic E-state index is -0.499. The standard InChI is InChI=1S/C19H20N6O2/c20-16(26)15-9-4-10-21-18(15)24-11-5-6-13(12-24)17-22-23-19(27)25(17)14-7-2-1-3-8-14/h1-4,7-10,13H,5-6,11-12H2,(H2,20,26)(H,23,27). The van der Waals surface area contributed by atoms with Crippen LogP contribution in [0.5, 0.6) is 0 Å². The number of piperidine rings is 1. The van der Waals surface area contributed by atoms with Crippen LogP contribution in [0.1, 0.15) is 34.9 Å². The minimum absolute atomic E-state index is 0.0284. The zero-order valence-electron chi connectivity index (χ0n) is 14.7. The fourth-order valence-electron chi connectivity index (χ4n) is 3.63. The highest BCUT2D eigenvalue weighted by Crippen LogP contribution is 2.30. The molecule has 1 aliphatic rings. The fourth-order valence-corrected chi connectivity index (χ4v) is 3.63. The molecule has 0 aliphatic carbocycles. The van der Waals surface area contributed by atoms with Crippen molar-refractivity contribution in [2.75, 3.05) is 18.0 Å². The maximum Gasteiger partial charge on any atom is 0.347 e. The average molecular weight is 364 g/mol. The van der Waals surface area contributed by atoms with Gasteiger partial charge < -0.3 is 10.6 Å². The maximum absolute atomic E-state index is 12.3.